The number of primary amides is 1. The summed E-state index contributed by atoms with van der Waals surface area (Å²) in [5.41, 5.74) is 5.80. The summed E-state index contributed by atoms with van der Waals surface area (Å²) in [5.74, 6) is 0.515. The van der Waals surface area contributed by atoms with Crippen molar-refractivity contribution in [3.63, 3.8) is 0 Å². The molecule has 0 bridgehead atoms. The Bertz CT molecular complexity index is 511. The minimum atomic E-state index is -0.378. The van der Waals surface area contributed by atoms with E-state index in [1.54, 1.807) is 6.07 Å². The highest BCUT2D eigenvalue weighted by atomic mass is 32.2. The molecule has 0 heterocycles. The van der Waals surface area contributed by atoms with Gasteiger partial charge in [-0.3, -0.25) is 9.59 Å². The SMILES string of the molecule is CC1CCC(NC(=O)c2ccccc2SCC(N)=O)CC1. The quantitative estimate of drug-likeness (QED) is 0.821. The maximum absolute atomic E-state index is 12.4. The largest absolute Gasteiger partial charge is 0.369 e. The predicted molar refractivity (Wildman–Crippen MR) is 85.2 cm³/mol. The molecule has 0 aliphatic heterocycles. The maximum Gasteiger partial charge on any atom is 0.252 e. The Morgan fingerprint density at radius 3 is 2.57 bits per heavy atom. The van der Waals surface area contributed by atoms with Crippen LogP contribution in [0, 0.1) is 5.92 Å². The van der Waals surface area contributed by atoms with Gasteiger partial charge in [-0.1, -0.05) is 19.1 Å². The zero-order chi connectivity index (χ0) is 15.2. The highest BCUT2D eigenvalue weighted by Crippen LogP contribution is 2.25. The van der Waals surface area contributed by atoms with Gasteiger partial charge in [0.25, 0.3) is 5.91 Å². The molecule has 0 aromatic heterocycles. The molecular weight excluding hydrogens is 284 g/mol. The van der Waals surface area contributed by atoms with Gasteiger partial charge in [-0.05, 0) is 43.7 Å². The number of benzene rings is 1. The van der Waals surface area contributed by atoms with Gasteiger partial charge in [-0.25, -0.2) is 0 Å². The topological polar surface area (TPSA) is 72.2 Å². The molecule has 0 unspecified atom stereocenters. The number of hydrogen-bond acceptors (Lipinski definition) is 3. The van der Waals surface area contributed by atoms with Crippen LogP contribution in [0.5, 0.6) is 0 Å². The van der Waals surface area contributed by atoms with Gasteiger partial charge in [0.1, 0.15) is 0 Å². The number of amides is 2. The molecule has 1 aromatic rings. The lowest BCUT2D eigenvalue weighted by molar-refractivity contribution is -0.115. The van der Waals surface area contributed by atoms with Gasteiger partial charge in [0, 0.05) is 10.9 Å². The predicted octanol–water partition coefficient (Wildman–Crippen LogP) is 2.57. The van der Waals surface area contributed by atoms with Crippen molar-refractivity contribution in [2.24, 2.45) is 11.7 Å². The van der Waals surface area contributed by atoms with E-state index in [1.807, 2.05) is 18.2 Å². The summed E-state index contributed by atoms with van der Waals surface area (Å²) in [6.45, 7) is 2.26. The molecule has 1 aromatic carbocycles. The molecule has 2 rings (SSSR count). The molecule has 0 atom stereocenters. The van der Waals surface area contributed by atoms with Crippen molar-refractivity contribution in [3.05, 3.63) is 29.8 Å². The molecule has 5 heteroatoms. The van der Waals surface area contributed by atoms with Crippen LogP contribution in [0.15, 0.2) is 29.2 Å². The summed E-state index contributed by atoms with van der Waals surface area (Å²) < 4.78 is 0. The summed E-state index contributed by atoms with van der Waals surface area (Å²) in [6.07, 6.45) is 4.43. The van der Waals surface area contributed by atoms with Crippen LogP contribution in [0.2, 0.25) is 0 Å². The Morgan fingerprint density at radius 1 is 1.24 bits per heavy atom. The first kappa shape index (κ1) is 15.9. The van der Waals surface area contributed by atoms with E-state index in [0.717, 1.165) is 23.7 Å². The molecule has 21 heavy (non-hydrogen) atoms. The number of rotatable bonds is 5. The molecule has 0 saturated heterocycles. The Labute approximate surface area is 129 Å². The molecule has 114 valence electrons. The second-order valence-corrected chi connectivity index (χ2v) is 6.70. The molecule has 1 aliphatic rings. The smallest absolute Gasteiger partial charge is 0.252 e. The highest BCUT2D eigenvalue weighted by molar-refractivity contribution is 8.00. The van der Waals surface area contributed by atoms with Crippen molar-refractivity contribution in [1.82, 2.24) is 5.32 Å². The lowest BCUT2D eigenvalue weighted by Gasteiger charge is -2.27. The lowest BCUT2D eigenvalue weighted by atomic mass is 9.87. The zero-order valence-electron chi connectivity index (χ0n) is 12.3. The number of carbonyl (C=O) groups is 2. The van der Waals surface area contributed by atoms with E-state index in [9.17, 15) is 9.59 Å². The van der Waals surface area contributed by atoms with Gasteiger partial charge in [-0.2, -0.15) is 0 Å². The number of thioether (sulfide) groups is 1. The van der Waals surface area contributed by atoms with Crippen molar-refractivity contribution in [2.45, 2.75) is 43.5 Å². The molecule has 1 aliphatic carbocycles. The molecule has 4 nitrogen and oxygen atoms in total. The summed E-state index contributed by atoms with van der Waals surface area (Å²) in [4.78, 5) is 24.1. The molecule has 2 amide bonds. The van der Waals surface area contributed by atoms with E-state index in [1.165, 1.54) is 24.6 Å². The summed E-state index contributed by atoms with van der Waals surface area (Å²) >= 11 is 1.31. The van der Waals surface area contributed by atoms with Gasteiger partial charge in [-0.15, -0.1) is 11.8 Å². The van der Waals surface area contributed by atoms with Crippen LogP contribution >= 0.6 is 11.8 Å². The van der Waals surface area contributed by atoms with E-state index >= 15 is 0 Å². The molecule has 0 radical (unpaired) electrons. The van der Waals surface area contributed by atoms with Gasteiger partial charge in [0.15, 0.2) is 0 Å². The van der Waals surface area contributed by atoms with Crippen molar-refractivity contribution in [3.8, 4) is 0 Å². The standard InChI is InChI=1S/C16H22N2O2S/c1-11-6-8-12(9-7-11)18-16(20)13-4-2-3-5-14(13)21-10-15(17)19/h2-5,11-12H,6-10H2,1H3,(H2,17,19)(H,18,20). The highest BCUT2D eigenvalue weighted by Gasteiger charge is 2.21. The Hall–Kier alpha value is -1.49. The first-order valence-corrected chi connectivity index (χ1v) is 8.36. The van der Waals surface area contributed by atoms with E-state index in [4.69, 9.17) is 5.73 Å². The lowest BCUT2D eigenvalue weighted by Crippen LogP contribution is -2.37. The van der Waals surface area contributed by atoms with Crippen molar-refractivity contribution < 1.29 is 9.59 Å². The minimum Gasteiger partial charge on any atom is -0.369 e. The maximum atomic E-state index is 12.4. The third-order valence-electron chi connectivity index (χ3n) is 3.85. The van der Waals surface area contributed by atoms with Crippen LogP contribution in [0.25, 0.3) is 0 Å². The average Bonchev–Trinajstić information content (AvgIpc) is 2.47. The van der Waals surface area contributed by atoms with Gasteiger partial charge < -0.3 is 11.1 Å². The Kier molecular flexibility index (Phi) is 5.67. The fraction of sp³-hybridized carbons (Fsp3) is 0.500. The minimum absolute atomic E-state index is 0.0536. The van der Waals surface area contributed by atoms with Crippen LogP contribution in [0.1, 0.15) is 43.0 Å². The fourth-order valence-corrected chi connectivity index (χ4v) is 3.39. The number of nitrogens with one attached hydrogen (secondary N) is 1. The third-order valence-corrected chi connectivity index (χ3v) is 4.95. The van der Waals surface area contributed by atoms with E-state index < -0.39 is 0 Å². The molecule has 0 spiro atoms. The molecule has 1 saturated carbocycles. The van der Waals surface area contributed by atoms with Crippen LogP contribution in [-0.2, 0) is 4.79 Å². The van der Waals surface area contributed by atoms with E-state index in [2.05, 4.69) is 12.2 Å². The second-order valence-electron chi connectivity index (χ2n) is 5.68. The first-order valence-electron chi connectivity index (χ1n) is 7.37. The third kappa shape index (κ3) is 4.77. The van der Waals surface area contributed by atoms with Gasteiger partial charge >= 0.3 is 0 Å². The summed E-state index contributed by atoms with van der Waals surface area (Å²) in [6, 6.07) is 7.62. The van der Waals surface area contributed by atoms with E-state index in [-0.39, 0.29) is 23.6 Å². The molecule has 3 N–H and O–H groups in total. The molecule has 1 fully saturated rings. The van der Waals surface area contributed by atoms with Crippen LogP contribution in [0.4, 0.5) is 0 Å². The van der Waals surface area contributed by atoms with Gasteiger partial charge in [0.05, 0.1) is 11.3 Å². The summed E-state index contributed by atoms with van der Waals surface area (Å²) in [7, 11) is 0. The second kappa shape index (κ2) is 7.50. The van der Waals surface area contributed by atoms with Crippen molar-refractivity contribution >= 4 is 23.6 Å². The molecular formula is C16H22N2O2S. The Balaban J connectivity index is 1.99. The normalized spacial score (nSPS) is 21.8. The number of hydrogen-bond donors (Lipinski definition) is 2. The van der Waals surface area contributed by atoms with Crippen LogP contribution in [0.3, 0.4) is 0 Å². The monoisotopic (exact) mass is 306 g/mol. The zero-order valence-corrected chi connectivity index (χ0v) is 13.1. The van der Waals surface area contributed by atoms with Crippen molar-refractivity contribution in [1.29, 1.82) is 0 Å². The van der Waals surface area contributed by atoms with Gasteiger partial charge in [0.2, 0.25) is 5.91 Å². The fourth-order valence-electron chi connectivity index (χ4n) is 2.60. The van der Waals surface area contributed by atoms with Crippen molar-refractivity contribution in [2.75, 3.05) is 5.75 Å². The Morgan fingerprint density at radius 2 is 1.90 bits per heavy atom. The van der Waals surface area contributed by atoms with Crippen LogP contribution in [-0.4, -0.2) is 23.6 Å². The van der Waals surface area contributed by atoms with E-state index in [0.29, 0.717) is 5.56 Å². The number of carbonyl (C=O) groups excluding carboxylic acids is 2. The average molecular weight is 306 g/mol. The van der Waals surface area contributed by atoms with Crippen LogP contribution < -0.4 is 11.1 Å². The summed E-state index contributed by atoms with van der Waals surface area (Å²) in [5, 5.41) is 3.12. The number of nitrogens with two attached hydrogens (primary N) is 1. The first-order chi connectivity index (χ1) is 10.1.